The molecule has 1 aliphatic rings. The summed E-state index contributed by atoms with van der Waals surface area (Å²) in [5.74, 6) is 1.45. The number of anilines is 1. The Kier molecular flexibility index (Phi) is 5.92. The quantitative estimate of drug-likeness (QED) is 0.417. The van der Waals surface area contributed by atoms with Gasteiger partial charge in [0.05, 0.1) is 7.11 Å². The van der Waals surface area contributed by atoms with E-state index in [4.69, 9.17) is 9.15 Å². The van der Waals surface area contributed by atoms with Gasteiger partial charge < -0.3 is 19.0 Å². The maximum Gasteiger partial charge on any atom is 0.339 e. The van der Waals surface area contributed by atoms with Crippen LogP contribution in [0.1, 0.15) is 36.1 Å². The first kappa shape index (κ1) is 21.9. The molecular formula is C27H27N3O4. The van der Waals surface area contributed by atoms with Crippen LogP contribution in [0.25, 0.3) is 22.4 Å². The normalized spacial score (nSPS) is 13.0. The molecule has 1 aliphatic heterocycles. The fourth-order valence-electron chi connectivity index (χ4n) is 4.62. The number of aromatic nitrogens is 2. The van der Waals surface area contributed by atoms with Crippen molar-refractivity contribution in [1.82, 2.24) is 9.55 Å². The number of rotatable bonds is 6. The van der Waals surface area contributed by atoms with E-state index in [1.165, 1.54) is 18.5 Å². The van der Waals surface area contributed by atoms with Crippen molar-refractivity contribution in [2.45, 2.75) is 45.6 Å². The minimum absolute atomic E-state index is 0.153. The molecule has 4 aromatic rings. The average molecular weight is 458 g/mol. The summed E-state index contributed by atoms with van der Waals surface area (Å²) in [6, 6.07) is 13.1. The predicted octanol–water partition coefficient (Wildman–Crippen LogP) is 4.88. The highest BCUT2D eigenvalue weighted by molar-refractivity contribution is 5.91. The molecular weight excluding hydrogens is 430 g/mol. The number of nitrogens with zero attached hydrogens (tertiary/aromatic N) is 2. The maximum absolute atomic E-state index is 12.6. The molecule has 0 spiro atoms. The number of hydrogen-bond donors (Lipinski definition) is 1. The number of fused-ring (bicyclic) bond motifs is 2. The molecule has 1 amide bonds. The van der Waals surface area contributed by atoms with Crippen LogP contribution in [-0.4, -0.2) is 22.6 Å². The summed E-state index contributed by atoms with van der Waals surface area (Å²) in [6.07, 6.45) is 5.92. The van der Waals surface area contributed by atoms with Gasteiger partial charge in [-0.3, -0.25) is 4.79 Å². The van der Waals surface area contributed by atoms with Crippen LogP contribution in [0.5, 0.6) is 5.75 Å². The molecule has 0 atom stereocenters. The number of methoxy groups -OCH3 is 1. The lowest BCUT2D eigenvalue weighted by atomic mass is 10.0. The van der Waals surface area contributed by atoms with Crippen molar-refractivity contribution in [3.8, 4) is 17.1 Å². The molecule has 34 heavy (non-hydrogen) atoms. The summed E-state index contributed by atoms with van der Waals surface area (Å²) in [7, 11) is 1.57. The Bertz CT molecular complexity index is 1420. The fraction of sp³-hybridized carbons (Fsp3) is 0.296. The molecule has 5 rings (SSSR count). The second kappa shape index (κ2) is 9.17. The Hall–Kier alpha value is -3.87. The predicted molar refractivity (Wildman–Crippen MR) is 131 cm³/mol. The van der Waals surface area contributed by atoms with Crippen molar-refractivity contribution in [2.75, 3.05) is 12.4 Å². The Labute approximate surface area is 197 Å². The van der Waals surface area contributed by atoms with Gasteiger partial charge >= 0.3 is 5.63 Å². The van der Waals surface area contributed by atoms with Gasteiger partial charge in [0.15, 0.2) is 0 Å². The van der Waals surface area contributed by atoms with Crippen molar-refractivity contribution in [3.05, 3.63) is 75.9 Å². The highest BCUT2D eigenvalue weighted by atomic mass is 16.5. The molecule has 3 heterocycles. The van der Waals surface area contributed by atoms with E-state index in [-0.39, 0.29) is 12.3 Å². The molecule has 0 fully saturated rings. The molecule has 1 N–H and O–H groups in total. The van der Waals surface area contributed by atoms with E-state index < -0.39 is 5.63 Å². The lowest BCUT2D eigenvalue weighted by molar-refractivity contribution is -0.116. The lowest BCUT2D eigenvalue weighted by Gasteiger charge is -2.16. The highest BCUT2D eigenvalue weighted by Gasteiger charge is 2.16. The van der Waals surface area contributed by atoms with E-state index in [0.29, 0.717) is 29.0 Å². The molecule has 0 saturated carbocycles. The van der Waals surface area contributed by atoms with Crippen LogP contribution in [-0.2, 0) is 24.2 Å². The third-order valence-electron chi connectivity index (χ3n) is 6.53. The summed E-state index contributed by atoms with van der Waals surface area (Å²) in [4.78, 5) is 29.7. The topological polar surface area (TPSA) is 86.4 Å². The average Bonchev–Trinajstić information content (AvgIpc) is 3.28. The third kappa shape index (κ3) is 4.21. The van der Waals surface area contributed by atoms with Gasteiger partial charge in [0.2, 0.25) is 5.91 Å². The smallest absolute Gasteiger partial charge is 0.339 e. The summed E-state index contributed by atoms with van der Waals surface area (Å²) in [5.41, 5.74) is 4.44. The molecule has 0 radical (unpaired) electrons. The zero-order valence-electron chi connectivity index (χ0n) is 19.4. The molecule has 7 nitrogen and oxygen atoms in total. The SMILES string of the molecule is COc1ccc2c(C)c(CCC(=O)Nc3ccc(-c4ncc5n4CCCC5)cc3)c(=O)oc2c1. The van der Waals surface area contributed by atoms with Crippen LogP contribution in [0.3, 0.4) is 0 Å². The van der Waals surface area contributed by atoms with Gasteiger partial charge in [0.1, 0.15) is 17.2 Å². The van der Waals surface area contributed by atoms with E-state index in [1.807, 2.05) is 49.5 Å². The highest BCUT2D eigenvalue weighted by Crippen LogP contribution is 2.26. The largest absolute Gasteiger partial charge is 0.497 e. The van der Waals surface area contributed by atoms with E-state index in [0.717, 1.165) is 35.3 Å². The van der Waals surface area contributed by atoms with Crippen molar-refractivity contribution < 1.29 is 13.9 Å². The second-order valence-electron chi connectivity index (χ2n) is 8.66. The van der Waals surface area contributed by atoms with Crippen molar-refractivity contribution in [3.63, 3.8) is 0 Å². The molecule has 0 aliphatic carbocycles. The monoisotopic (exact) mass is 457 g/mol. The minimum atomic E-state index is -0.418. The Morgan fingerprint density at radius 1 is 1.18 bits per heavy atom. The summed E-state index contributed by atoms with van der Waals surface area (Å²) >= 11 is 0. The number of aryl methyl sites for hydroxylation is 2. The molecule has 174 valence electrons. The first-order valence-electron chi connectivity index (χ1n) is 11.6. The van der Waals surface area contributed by atoms with Gasteiger partial charge in [-0.25, -0.2) is 9.78 Å². The van der Waals surface area contributed by atoms with Gasteiger partial charge in [0, 0.05) is 53.1 Å². The number of carbonyl (C=O) groups excluding carboxylic acids is 1. The van der Waals surface area contributed by atoms with Crippen LogP contribution in [0.4, 0.5) is 5.69 Å². The van der Waals surface area contributed by atoms with Crippen LogP contribution in [0.2, 0.25) is 0 Å². The number of imidazole rings is 1. The van der Waals surface area contributed by atoms with Crippen LogP contribution < -0.4 is 15.7 Å². The van der Waals surface area contributed by atoms with E-state index >= 15 is 0 Å². The van der Waals surface area contributed by atoms with Crippen molar-refractivity contribution in [2.24, 2.45) is 0 Å². The fourth-order valence-corrected chi connectivity index (χ4v) is 4.62. The van der Waals surface area contributed by atoms with E-state index in [2.05, 4.69) is 14.9 Å². The van der Waals surface area contributed by atoms with Gasteiger partial charge in [0.25, 0.3) is 0 Å². The molecule has 0 bridgehead atoms. The minimum Gasteiger partial charge on any atom is -0.497 e. The van der Waals surface area contributed by atoms with Gasteiger partial charge in [-0.2, -0.15) is 0 Å². The summed E-state index contributed by atoms with van der Waals surface area (Å²) < 4.78 is 13.0. The molecule has 2 aromatic heterocycles. The Balaban J connectivity index is 1.26. The van der Waals surface area contributed by atoms with Crippen LogP contribution in [0.15, 0.2) is 57.9 Å². The number of ether oxygens (including phenoxy) is 1. The first-order chi connectivity index (χ1) is 16.5. The van der Waals surface area contributed by atoms with Gasteiger partial charge in [-0.15, -0.1) is 0 Å². The van der Waals surface area contributed by atoms with Gasteiger partial charge in [-0.05, 0) is 74.6 Å². The number of hydrogen-bond acceptors (Lipinski definition) is 5. The Morgan fingerprint density at radius 2 is 2.00 bits per heavy atom. The summed E-state index contributed by atoms with van der Waals surface area (Å²) in [6.45, 7) is 2.88. The van der Waals surface area contributed by atoms with Crippen LogP contribution >= 0.6 is 0 Å². The lowest BCUT2D eigenvalue weighted by Crippen LogP contribution is -2.16. The number of nitrogens with one attached hydrogen (secondary N) is 1. The molecule has 0 saturated heterocycles. The van der Waals surface area contributed by atoms with Crippen molar-refractivity contribution in [1.29, 1.82) is 0 Å². The summed E-state index contributed by atoms with van der Waals surface area (Å²) in [5, 5.41) is 3.76. The van der Waals surface area contributed by atoms with E-state index in [1.54, 1.807) is 13.2 Å². The van der Waals surface area contributed by atoms with Gasteiger partial charge in [-0.1, -0.05) is 0 Å². The zero-order chi connectivity index (χ0) is 23.7. The maximum atomic E-state index is 12.6. The van der Waals surface area contributed by atoms with E-state index in [9.17, 15) is 9.59 Å². The standard InChI is InChI=1S/C27H27N3O4/c1-17-22-11-10-21(33-2)15-24(22)34-27(32)23(17)12-13-25(31)29-19-8-6-18(7-9-19)26-28-16-20-5-3-4-14-30(20)26/h6-11,15-16H,3-5,12-14H2,1-2H3,(H,29,31). The molecule has 0 unspecified atom stereocenters. The molecule has 7 heteroatoms. The van der Waals surface area contributed by atoms with Crippen molar-refractivity contribution >= 4 is 22.6 Å². The second-order valence-corrected chi connectivity index (χ2v) is 8.66. The number of amides is 1. The third-order valence-corrected chi connectivity index (χ3v) is 6.53. The number of benzene rings is 2. The first-order valence-corrected chi connectivity index (χ1v) is 11.6. The molecule has 2 aromatic carbocycles. The number of carbonyl (C=O) groups is 1. The van der Waals surface area contributed by atoms with Crippen LogP contribution in [0, 0.1) is 6.92 Å². The zero-order valence-corrected chi connectivity index (χ0v) is 19.4. The Morgan fingerprint density at radius 3 is 2.79 bits per heavy atom.